The minimum absolute atomic E-state index is 0.235. The molecule has 0 aromatic carbocycles. The van der Waals surface area contributed by atoms with Crippen LogP contribution in [0.15, 0.2) is 0 Å². The molecule has 1 aliphatic heterocycles. The van der Waals surface area contributed by atoms with Gasteiger partial charge in [-0.15, -0.1) is 0 Å². The lowest BCUT2D eigenvalue weighted by Crippen LogP contribution is -2.56. The van der Waals surface area contributed by atoms with Crippen molar-refractivity contribution in [3.05, 3.63) is 0 Å². The Balaban J connectivity index is 2.46. The van der Waals surface area contributed by atoms with Gasteiger partial charge in [-0.05, 0) is 53.0 Å². The van der Waals surface area contributed by atoms with Gasteiger partial charge < -0.3 is 20.7 Å². The van der Waals surface area contributed by atoms with Crippen molar-refractivity contribution in [1.82, 2.24) is 16.0 Å². The van der Waals surface area contributed by atoms with Gasteiger partial charge in [0.2, 0.25) is 0 Å². The topological polar surface area (TPSA) is 62.4 Å². The zero-order chi connectivity index (χ0) is 15.9. The summed E-state index contributed by atoms with van der Waals surface area (Å²) < 4.78 is 5.39. The first-order chi connectivity index (χ1) is 9.80. The van der Waals surface area contributed by atoms with Gasteiger partial charge in [-0.25, -0.2) is 4.79 Å². The summed E-state index contributed by atoms with van der Waals surface area (Å²) in [6, 6.07) is 0.568. The highest BCUT2D eigenvalue weighted by Crippen LogP contribution is 2.16. The van der Waals surface area contributed by atoms with Gasteiger partial charge in [0.05, 0.1) is 5.54 Å². The van der Waals surface area contributed by atoms with Gasteiger partial charge in [0.25, 0.3) is 0 Å². The summed E-state index contributed by atoms with van der Waals surface area (Å²) in [6.45, 7) is 12.7. The van der Waals surface area contributed by atoms with E-state index in [4.69, 9.17) is 4.74 Å². The van der Waals surface area contributed by atoms with E-state index in [1.807, 2.05) is 20.8 Å². The molecular weight excluding hydrogens is 266 g/mol. The van der Waals surface area contributed by atoms with Gasteiger partial charge in [-0.1, -0.05) is 13.8 Å². The summed E-state index contributed by atoms with van der Waals surface area (Å²) in [7, 11) is 0. The predicted octanol–water partition coefficient (Wildman–Crippen LogP) is 2.41. The summed E-state index contributed by atoms with van der Waals surface area (Å²) in [5.41, 5.74) is -0.695. The summed E-state index contributed by atoms with van der Waals surface area (Å²) >= 11 is 0. The minimum atomic E-state index is -0.460. The Morgan fingerprint density at radius 2 is 1.95 bits per heavy atom. The van der Waals surface area contributed by atoms with Crippen LogP contribution in [0.1, 0.15) is 60.3 Å². The smallest absolute Gasteiger partial charge is 0.408 e. The summed E-state index contributed by atoms with van der Waals surface area (Å²) in [4.78, 5) is 12.0. The second-order valence-corrected chi connectivity index (χ2v) is 7.04. The molecule has 1 aliphatic rings. The zero-order valence-corrected chi connectivity index (χ0v) is 14.3. The number of ether oxygens (including phenoxy) is 1. The fourth-order valence-electron chi connectivity index (χ4n) is 2.66. The second-order valence-electron chi connectivity index (χ2n) is 7.04. The number of rotatable bonds is 7. The van der Waals surface area contributed by atoms with Crippen molar-refractivity contribution >= 4 is 6.09 Å². The van der Waals surface area contributed by atoms with Crippen LogP contribution in [-0.2, 0) is 4.74 Å². The van der Waals surface area contributed by atoms with Crippen molar-refractivity contribution in [3.63, 3.8) is 0 Å². The third kappa shape index (κ3) is 6.66. The monoisotopic (exact) mass is 299 g/mol. The molecule has 21 heavy (non-hydrogen) atoms. The van der Waals surface area contributed by atoms with Gasteiger partial charge in [0, 0.05) is 19.1 Å². The third-order valence-electron chi connectivity index (χ3n) is 4.14. The Bertz CT molecular complexity index is 316. The number of alkyl carbamates (subject to hydrolysis) is 1. The SMILES string of the molecule is CCC(CC)(CNCC1CCCN1)NC(=O)OC(C)(C)C. The van der Waals surface area contributed by atoms with Gasteiger partial charge in [-0.2, -0.15) is 0 Å². The largest absolute Gasteiger partial charge is 0.444 e. The molecule has 1 amide bonds. The van der Waals surface area contributed by atoms with Crippen LogP contribution in [0.3, 0.4) is 0 Å². The Morgan fingerprint density at radius 3 is 2.43 bits per heavy atom. The highest BCUT2D eigenvalue weighted by Gasteiger charge is 2.30. The molecular formula is C16H33N3O2. The Labute approximate surface area is 129 Å². The van der Waals surface area contributed by atoms with E-state index in [1.54, 1.807) is 0 Å². The quantitative estimate of drug-likeness (QED) is 0.675. The molecule has 1 atom stereocenters. The lowest BCUT2D eigenvalue weighted by atomic mass is 9.92. The van der Waals surface area contributed by atoms with E-state index in [2.05, 4.69) is 29.8 Å². The standard InChI is InChI=1S/C16H33N3O2/c1-6-16(7-2,19-14(20)21-15(3,4)5)12-17-11-13-9-8-10-18-13/h13,17-18H,6-12H2,1-5H3,(H,19,20). The molecule has 0 aromatic rings. The highest BCUT2D eigenvalue weighted by molar-refractivity contribution is 5.68. The number of nitrogens with one attached hydrogen (secondary N) is 3. The molecule has 1 rings (SSSR count). The molecule has 0 saturated carbocycles. The Hall–Kier alpha value is -0.810. The van der Waals surface area contributed by atoms with E-state index in [9.17, 15) is 4.79 Å². The molecule has 0 spiro atoms. The first-order valence-corrected chi connectivity index (χ1v) is 8.25. The van der Waals surface area contributed by atoms with Crippen LogP contribution in [0.2, 0.25) is 0 Å². The van der Waals surface area contributed by atoms with Crippen LogP contribution in [-0.4, -0.2) is 42.9 Å². The van der Waals surface area contributed by atoms with E-state index in [-0.39, 0.29) is 11.6 Å². The lowest BCUT2D eigenvalue weighted by Gasteiger charge is -2.34. The van der Waals surface area contributed by atoms with Gasteiger partial charge >= 0.3 is 6.09 Å². The van der Waals surface area contributed by atoms with Crippen molar-refractivity contribution < 1.29 is 9.53 Å². The lowest BCUT2D eigenvalue weighted by molar-refractivity contribution is 0.0446. The average Bonchev–Trinajstić information content (AvgIpc) is 2.88. The predicted molar refractivity (Wildman–Crippen MR) is 86.6 cm³/mol. The van der Waals surface area contributed by atoms with Crippen molar-refractivity contribution in [3.8, 4) is 0 Å². The van der Waals surface area contributed by atoms with Gasteiger partial charge in [-0.3, -0.25) is 0 Å². The third-order valence-corrected chi connectivity index (χ3v) is 4.14. The van der Waals surface area contributed by atoms with E-state index >= 15 is 0 Å². The minimum Gasteiger partial charge on any atom is -0.444 e. The number of hydrogen-bond acceptors (Lipinski definition) is 4. The molecule has 0 aromatic heterocycles. The Morgan fingerprint density at radius 1 is 1.29 bits per heavy atom. The maximum absolute atomic E-state index is 12.0. The number of carbonyl (C=O) groups is 1. The fourth-order valence-corrected chi connectivity index (χ4v) is 2.66. The van der Waals surface area contributed by atoms with E-state index in [0.717, 1.165) is 32.5 Å². The van der Waals surface area contributed by atoms with Crippen molar-refractivity contribution in [2.45, 2.75) is 77.5 Å². The first kappa shape index (κ1) is 18.2. The molecule has 0 aliphatic carbocycles. The van der Waals surface area contributed by atoms with Crippen LogP contribution in [0.5, 0.6) is 0 Å². The van der Waals surface area contributed by atoms with Crippen molar-refractivity contribution in [2.75, 3.05) is 19.6 Å². The normalized spacial score (nSPS) is 19.6. The molecule has 5 nitrogen and oxygen atoms in total. The molecule has 0 bridgehead atoms. The molecule has 0 radical (unpaired) electrons. The number of amides is 1. The van der Waals surface area contributed by atoms with E-state index < -0.39 is 5.60 Å². The molecule has 1 fully saturated rings. The van der Waals surface area contributed by atoms with E-state index in [0.29, 0.717) is 6.04 Å². The van der Waals surface area contributed by atoms with Crippen LogP contribution in [0.4, 0.5) is 4.79 Å². The zero-order valence-electron chi connectivity index (χ0n) is 14.3. The van der Waals surface area contributed by atoms with Crippen molar-refractivity contribution in [2.24, 2.45) is 0 Å². The second kappa shape index (κ2) is 7.99. The maximum atomic E-state index is 12.0. The molecule has 3 N–H and O–H groups in total. The fraction of sp³-hybridized carbons (Fsp3) is 0.938. The number of hydrogen-bond donors (Lipinski definition) is 3. The van der Waals surface area contributed by atoms with E-state index in [1.165, 1.54) is 12.8 Å². The van der Waals surface area contributed by atoms with Crippen LogP contribution in [0.25, 0.3) is 0 Å². The molecule has 1 unspecified atom stereocenters. The van der Waals surface area contributed by atoms with Crippen LogP contribution < -0.4 is 16.0 Å². The molecule has 124 valence electrons. The van der Waals surface area contributed by atoms with Gasteiger partial charge in [0.15, 0.2) is 0 Å². The number of carbonyl (C=O) groups excluding carboxylic acids is 1. The average molecular weight is 299 g/mol. The summed E-state index contributed by atoms with van der Waals surface area (Å²) in [5.74, 6) is 0. The summed E-state index contributed by atoms with van der Waals surface area (Å²) in [6.07, 6.45) is 3.93. The van der Waals surface area contributed by atoms with Crippen molar-refractivity contribution in [1.29, 1.82) is 0 Å². The van der Waals surface area contributed by atoms with Crippen LogP contribution >= 0.6 is 0 Å². The van der Waals surface area contributed by atoms with Gasteiger partial charge in [0.1, 0.15) is 5.60 Å². The highest BCUT2D eigenvalue weighted by atomic mass is 16.6. The molecule has 5 heteroatoms. The Kier molecular flexibility index (Phi) is 6.94. The molecule has 1 saturated heterocycles. The first-order valence-electron chi connectivity index (χ1n) is 8.25. The van der Waals surface area contributed by atoms with Crippen LogP contribution in [0, 0.1) is 0 Å². The summed E-state index contributed by atoms with van der Waals surface area (Å²) in [5, 5.41) is 10.0. The molecule has 1 heterocycles. The maximum Gasteiger partial charge on any atom is 0.408 e.